The van der Waals surface area contributed by atoms with Gasteiger partial charge >= 0.3 is 5.97 Å². The van der Waals surface area contributed by atoms with E-state index >= 15 is 0 Å². The van der Waals surface area contributed by atoms with Crippen molar-refractivity contribution in [1.29, 1.82) is 0 Å². The summed E-state index contributed by atoms with van der Waals surface area (Å²) in [6.07, 6.45) is 0. The molecule has 166 valence electrons. The Hall–Kier alpha value is -1.86. The third-order valence-corrected chi connectivity index (χ3v) is 5.22. The van der Waals surface area contributed by atoms with Crippen molar-refractivity contribution >= 4 is 45.9 Å². The number of nitrogens with zero attached hydrogens (tertiary/aromatic N) is 2. The number of benzene rings is 2. The van der Waals surface area contributed by atoms with E-state index in [0.717, 1.165) is 27.0 Å². The number of carbonyl (C=O) groups is 1. The molecule has 0 unspecified atom stereocenters. The van der Waals surface area contributed by atoms with E-state index < -0.39 is 5.97 Å². The number of hydrogen-bond donors (Lipinski definition) is 1. The SMILES string of the molecule is CCOC(=O)c1nn(-c2ccc(Cl)cc2)c(-c2ccc(Br)cc2)c1CNC(C)(C)C.Cl. The maximum Gasteiger partial charge on any atom is 0.359 e. The average molecular weight is 527 g/mol. The molecule has 0 spiro atoms. The molecule has 3 aromatic rings. The summed E-state index contributed by atoms with van der Waals surface area (Å²) in [5.74, 6) is -0.436. The fourth-order valence-electron chi connectivity index (χ4n) is 3.01. The van der Waals surface area contributed by atoms with E-state index in [0.29, 0.717) is 17.3 Å². The molecule has 8 heteroatoms. The van der Waals surface area contributed by atoms with Crippen LogP contribution >= 0.6 is 39.9 Å². The highest BCUT2D eigenvalue weighted by Gasteiger charge is 2.26. The zero-order valence-electron chi connectivity index (χ0n) is 17.9. The van der Waals surface area contributed by atoms with Crippen molar-refractivity contribution in [3.05, 3.63) is 69.3 Å². The van der Waals surface area contributed by atoms with E-state index in [-0.39, 0.29) is 24.6 Å². The van der Waals surface area contributed by atoms with Crippen LogP contribution in [0.15, 0.2) is 53.0 Å². The lowest BCUT2D eigenvalue weighted by molar-refractivity contribution is 0.0517. The number of hydrogen-bond acceptors (Lipinski definition) is 4. The second-order valence-corrected chi connectivity index (χ2v) is 9.25. The van der Waals surface area contributed by atoms with Gasteiger partial charge in [0.2, 0.25) is 0 Å². The lowest BCUT2D eigenvalue weighted by atomic mass is 10.0. The number of aromatic nitrogens is 2. The Kier molecular flexibility index (Phi) is 8.72. The van der Waals surface area contributed by atoms with Gasteiger partial charge in [-0.3, -0.25) is 0 Å². The van der Waals surface area contributed by atoms with Gasteiger partial charge in [0.15, 0.2) is 5.69 Å². The molecule has 0 radical (unpaired) electrons. The van der Waals surface area contributed by atoms with Gasteiger partial charge in [0.1, 0.15) is 0 Å². The molecular weight excluding hydrogens is 501 g/mol. The van der Waals surface area contributed by atoms with Crippen molar-refractivity contribution in [2.45, 2.75) is 39.8 Å². The molecule has 0 aliphatic rings. The standard InChI is InChI=1S/C23H25BrClN3O2.ClH/c1-5-30-22(29)20-19(14-26-23(2,3)4)21(15-6-8-16(24)9-7-15)28(27-20)18-12-10-17(25)11-13-18;/h6-13,26H,5,14H2,1-4H3;1H. The Morgan fingerprint density at radius 3 is 2.29 bits per heavy atom. The summed E-state index contributed by atoms with van der Waals surface area (Å²) in [5.41, 5.74) is 3.56. The normalized spacial score (nSPS) is 11.2. The molecule has 1 heterocycles. The van der Waals surface area contributed by atoms with E-state index in [9.17, 15) is 4.79 Å². The topological polar surface area (TPSA) is 56.1 Å². The molecular formula is C23H26BrCl2N3O2. The molecule has 0 atom stereocenters. The zero-order chi connectivity index (χ0) is 21.9. The third-order valence-electron chi connectivity index (χ3n) is 4.44. The molecule has 1 aromatic heterocycles. The van der Waals surface area contributed by atoms with Gasteiger partial charge in [0.25, 0.3) is 0 Å². The quantitative estimate of drug-likeness (QED) is 0.375. The van der Waals surface area contributed by atoms with Crippen molar-refractivity contribution in [3.63, 3.8) is 0 Å². The predicted octanol–water partition coefficient (Wildman–Crippen LogP) is 6.44. The fraction of sp³-hybridized carbons (Fsp3) is 0.304. The summed E-state index contributed by atoms with van der Waals surface area (Å²) in [5, 5.41) is 8.79. The third kappa shape index (κ3) is 6.32. The largest absolute Gasteiger partial charge is 0.461 e. The molecule has 5 nitrogen and oxygen atoms in total. The lowest BCUT2D eigenvalue weighted by Crippen LogP contribution is -2.35. The van der Waals surface area contributed by atoms with Gasteiger partial charge in [-0.2, -0.15) is 5.10 Å². The number of ether oxygens (including phenoxy) is 1. The molecule has 0 aliphatic heterocycles. The first kappa shape index (κ1) is 25.4. The predicted molar refractivity (Wildman–Crippen MR) is 132 cm³/mol. The fourth-order valence-corrected chi connectivity index (χ4v) is 3.40. The van der Waals surface area contributed by atoms with Crippen LogP contribution in [0.5, 0.6) is 0 Å². The molecule has 0 amide bonds. The van der Waals surface area contributed by atoms with Crippen LogP contribution in [-0.2, 0) is 11.3 Å². The molecule has 0 aliphatic carbocycles. The van der Waals surface area contributed by atoms with Crippen LogP contribution < -0.4 is 5.32 Å². The van der Waals surface area contributed by atoms with E-state index in [1.165, 1.54) is 0 Å². The van der Waals surface area contributed by atoms with Crippen molar-refractivity contribution in [3.8, 4) is 16.9 Å². The molecule has 2 aromatic carbocycles. The lowest BCUT2D eigenvalue weighted by Gasteiger charge is -2.21. The first-order chi connectivity index (χ1) is 14.2. The molecule has 1 N–H and O–H groups in total. The second-order valence-electron chi connectivity index (χ2n) is 7.89. The Bertz CT molecular complexity index is 1030. The minimum Gasteiger partial charge on any atom is -0.461 e. The number of nitrogens with one attached hydrogen (secondary N) is 1. The van der Waals surface area contributed by atoms with Crippen LogP contribution in [0.3, 0.4) is 0 Å². The van der Waals surface area contributed by atoms with Crippen LogP contribution in [0, 0.1) is 0 Å². The molecule has 0 saturated carbocycles. The second kappa shape index (κ2) is 10.6. The Balaban J connectivity index is 0.00000341. The molecule has 0 saturated heterocycles. The minimum atomic E-state index is -0.436. The summed E-state index contributed by atoms with van der Waals surface area (Å²) >= 11 is 9.57. The maximum absolute atomic E-state index is 12.8. The highest BCUT2D eigenvalue weighted by molar-refractivity contribution is 9.10. The molecule has 0 bridgehead atoms. The van der Waals surface area contributed by atoms with Gasteiger partial charge in [-0.1, -0.05) is 39.7 Å². The van der Waals surface area contributed by atoms with Gasteiger partial charge in [0, 0.05) is 32.7 Å². The maximum atomic E-state index is 12.8. The highest BCUT2D eigenvalue weighted by Crippen LogP contribution is 2.31. The first-order valence-corrected chi connectivity index (χ1v) is 10.9. The average Bonchev–Trinajstić information content (AvgIpc) is 3.07. The zero-order valence-corrected chi connectivity index (χ0v) is 21.1. The van der Waals surface area contributed by atoms with Gasteiger partial charge in [-0.05, 0) is 64.1 Å². The van der Waals surface area contributed by atoms with Crippen LogP contribution in [0.1, 0.15) is 43.7 Å². The van der Waals surface area contributed by atoms with Crippen LogP contribution in [0.2, 0.25) is 5.02 Å². The Morgan fingerprint density at radius 1 is 1.13 bits per heavy atom. The summed E-state index contributed by atoms with van der Waals surface area (Å²) in [6, 6.07) is 15.3. The first-order valence-electron chi connectivity index (χ1n) is 9.75. The van der Waals surface area contributed by atoms with Crippen molar-refractivity contribution in [1.82, 2.24) is 15.1 Å². The van der Waals surface area contributed by atoms with Crippen molar-refractivity contribution < 1.29 is 9.53 Å². The monoisotopic (exact) mass is 525 g/mol. The summed E-state index contributed by atoms with van der Waals surface area (Å²) < 4.78 is 8.07. The van der Waals surface area contributed by atoms with Crippen molar-refractivity contribution in [2.75, 3.05) is 6.61 Å². The van der Waals surface area contributed by atoms with E-state index in [1.54, 1.807) is 23.7 Å². The number of rotatable bonds is 6. The Labute approximate surface area is 202 Å². The summed E-state index contributed by atoms with van der Waals surface area (Å²) in [4.78, 5) is 12.8. The van der Waals surface area contributed by atoms with Gasteiger partial charge in [0.05, 0.1) is 18.0 Å². The summed E-state index contributed by atoms with van der Waals surface area (Å²) in [7, 11) is 0. The van der Waals surface area contributed by atoms with Gasteiger partial charge < -0.3 is 10.1 Å². The van der Waals surface area contributed by atoms with Crippen LogP contribution in [0.25, 0.3) is 16.9 Å². The van der Waals surface area contributed by atoms with Crippen LogP contribution in [-0.4, -0.2) is 27.9 Å². The van der Waals surface area contributed by atoms with Crippen molar-refractivity contribution in [2.24, 2.45) is 0 Å². The van der Waals surface area contributed by atoms with Gasteiger partial charge in [-0.15, -0.1) is 12.4 Å². The summed E-state index contributed by atoms with van der Waals surface area (Å²) in [6.45, 7) is 8.79. The highest BCUT2D eigenvalue weighted by atomic mass is 79.9. The number of carbonyl (C=O) groups excluding carboxylic acids is 1. The molecule has 0 fully saturated rings. The number of esters is 1. The molecule has 3 rings (SSSR count). The van der Waals surface area contributed by atoms with E-state index in [2.05, 4.69) is 47.1 Å². The number of halogens is 3. The Morgan fingerprint density at radius 2 is 1.74 bits per heavy atom. The van der Waals surface area contributed by atoms with Gasteiger partial charge in [-0.25, -0.2) is 9.48 Å². The minimum absolute atomic E-state index is 0. The molecule has 31 heavy (non-hydrogen) atoms. The van der Waals surface area contributed by atoms with Crippen LogP contribution in [0.4, 0.5) is 0 Å². The van der Waals surface area contributed by atoms with E-state index in [4.69, 9.17) is 16.3 Å². The smallest absolute Gasteiger partial charge is 0.359 e. The van der Waals surface area contributed by atoms with E-state index in [1.807, 2.05) is 36.4 Å².